The summed E-state index contributed by atoms with van der Waals surface area (Å²) < 4.78 is 0. The maximum Gasteiger partial charge on any atom is 0.229 e. The summed E-state index contributed by atoms with van der Waals surface area (Å²) in [6.45, 7) is 21.4. The lowest BCUT2D eigenvalue weighted by atomic mass is 9.44. The molecule has 0 aromatic carbocycles. The topological polar surface area (TPSA) is 78.2 Å². The highest BCUT2D eigenvalue weighted by Crippen LogP contribution is 2.65. The fourth-order valence-electron chi connectivity index (χ4n) is 9.69. The molecule has 1 aliphatic heterocycles. The number of fused-ring (bicyclic) bond motifs is 1. The Bertz CT molecular complexity index is 1210. The van der Waals surface area contributed by atoms with E-state index in [0.29, 0.717) is 11.8 Å². The van der Waals surface area contributed by atoms with Gasteiger partial charge in [0.1, 0.15) is 6.07 Å². The molecule has 5 nitrogen and oxygen atoms in total. The van der Waals surface area contributed by atoms with E-state index in [0.717, 1.165) is 76.5 Å². The molecule has 0 radical (unpaired) electrons. The summed E-state index contributed by atoms with van der Waals surface area (Å²) in [6.07, 6.45) is 13.7. The third kappa shape index (κ3) is 5.46. The molecular weight excluding hydrogens is 520 g/mol. The Morgan fingerprint density at radius 3 is 2.29 bits per heavy atom. The fraction of sp³-hybridized carbons (Fsp3) is 0.784. The quantitative estimate of drug-likeness (QED) is 0.298. The highest BCUT2D eigenvalue weighted by atomic mass is 16.2. The number of Topliss-reactive ketones (excluding diaryl/α,β-unsaturated/α-hetero) is 1. The number of piperidine rings is 1. The van der Waals surface area contributed by atoms with Gasteiger partial charge in [-0.1, -0.05) is 67.0 Å². The number of carbonyl (C=O) groups excluding carboxylic acids is 3. The first kappa shape index (κ1) is 32.7. The van der Waals surface area contributed by atoms with Crippen molar-refractivity contribution in [2.24, 2.45) is 44.8 Å². The number of likely N-dealkylation sites (tertiary alicyclic amines) is 1. The van der Waals surface area contributed by atoms with Gasteiger partial charge in [0.25, 0.3) is 0 Å². The van der Waals surface area contributed by atoms with E-state index in [9.17, 15) is 19.6 Å². The molecule has 5 heteroatoms. The molecule has 3 aliphatic carbocycles. The van der Waals surface area contributed by atoms with Crippen molar-refractivity contribution in [1.82, 2.24) is 4.90 Å². The number of amides is 1. The van der Waals surface area contributed by atoms with Crippen LogP contribution in [-0.4, -0.2) is 35.5 Å². The van der Waals surface area contributed by atoms with Crippen LogP contribution in [0.25, 0.3) is 0 Å². The van der Waals surface area contributed by atoms with Crippen molar-refractivity contribution in [2.45, 2.75) is 127 Å². The van der Waals surface area contributed by atoms with Crippen LogP contribution in [0, 0.1) is 56.2 Å². The molecule has 3 fully saturated rings. The number of carbonyl (C=O) groups is 3. The summed E-state index contributed by atoms with van der Waals surface area (Å²) in [5.41, 5.74) is 0.0938. The van der Waals surface area contributed by atoms with E-state index in [4.69, 9.17) is 0 Å². The molecule has 0 aromatic heterocycles. The summed E-state index contributed by atoms with van der Waals surface area (Å²) in [5.74, 6) is 0.426. The highest BCUT2D eigenvalue weighted by molar-refractivity contribution is 6.02. The van der Waals surface area contributed by atoms with Crippen LogP contribution in [0.1, 0.15) is 127 Å². The van der Waals surface area contributed by atoms with E-state index in [-0.39, 0.29) is 50.6 Å². The predicted octanol–water partition coefficient (Wildman–Crippen LogP) is 8.24. The number of nitrogens with zero attached hydrogens (tertiary/aromatic N) is 2. The zero-order chi connectivity index (χ0) is 31.3. The van der Waals surface area contributed by atoms with Gasteiger partial charge in [0, 0.05) is 24.4 Å². The Morgan fingerprint density at radius 2 is 1.71 bits per heavy atom. The van der Waals surface area contributed by atoms with Crippen LogP contribution in [0.2, 0.25) is 0 Å². The number of hydrogen-bond acceptors (Lipinski definition) is 4. The molecule has 42 heavy (non-hydrogen) atoms. The van der Waals surface area contributed by atoms with E-state index >= 15 is 0 Å². The summed E-state index contributed by atoms with van der Waals surface area (Å²) in [4.78, 5) is 42.4. The molecule has 0 spiro atoms. The maximum absolute atomic E-state index is 14.5. The lowest BCUT2D eigenvalue weighted by molar-refractivity contribution is -0.153. The molecular formula is C37H56N2O3. The Labute approximate surface area is 255 Å². The van der Waals surface area contributed by atoms with Gasteiger partial charge in [0.2, 0.25) is 5.91 Å². The van der Waals surface area contributed by atoms with Crippen LogP contribution >= 0.6 is 0 Å². The fourth-order valence-corrected chi connectivity index (χ4v) is 9.69. The van der Waals surface area contributed by atoms with Crippen LogP contribution in [0.3, 0.4) is 0 Å². The van der Waals surface area contributed by atoms with Crippen LogP contribution in [-0.2, 0) is 14.4 Å². The van der Waals surface area contributed by atoms with Gasteiger partial charge in [0.15, 0.2) is 11.6 Å². The van der Waals surface area contributed by atoms with Crippen molar-refractivity contribution < 1.29 is 14.4 Å². The average molecular weight is 577 g/mol. The highest BCUT2D eigenvalue weighted by Gasteiger charge is 2.59. The van der Waals surface area contributed by atoms with Crippen LogP contribution in [0.5, 0.6) is 0 Å². The number of nitriles is 1. The van der Waals surface area contributed by atoms with Crippen LogP contribution < -0.4 is 0 Å². The van der Waals surface area contributed by atoms with Crippen molar-refractivity contribution in [1.29, 1.82) is 5.26 Å². The first-order chi connectivity index (χ1) is 19.4. The maximum atomic E-state index is 14.5. The third-order valence-electron chi connectivity index (χ3n) is 12.9. The molecule has 1 heterocycles. The van der Waals surface area contributed by atoms with Crippen molar-refractivity contribution >= 4 is 17.5 Å². The number of hydrogen-bond donors (Lipinski definition) is 0. The van der Waals surface area contributed by atoms with Crippen LogP contribution in [0.15, 0.2) is 23.3 Å². The summed E-state index contributed by atoms with van der Waals surface area (Å²) in [7, 11) is 0. The minimum absolute atomic E-state index is 0.00485. The molecule has 1 amide bonds. The second kappa shape index (κ2) is 11.4. The largest absolute Gasteiger partial charge is 0.342 e. The molecule has 4 aliphatic rings. The molecule has 4 rings (SSSR count). The zero-order valence-corrected chi connectivity index (χ0v) is 28.0. The number of ketones is 2. The second-order valence-electron chi connectivity index (χ2n) is 16.4. The van der Waals surface area contributed by atoms with Gasteiger partial charge in [0.05, 0.1) is 11.0 Å². The summed E-state index contributed by atoms with van der Waals surface area (Å²) in [5, 5.41) is 9.86. The SMILES string of the molecule is CC(=O)/C=C1/[C@@]2(C)C=C(C#N)C(=O)[C@@H](C)[C@@H]2CC[C@@]1(C)C(C)(C)CC[C@@]1(C(=O)N2CCCCC2)CCC(C)(C)CC1C. The lowest BCUT2D eigenvalue weighted by Gasteiger charge is -2.60. The molecule has 1 saturated heterocycles. The van der Waals surface area contributed by atoms with E-state index in [1.165, 1.54) is 6.42 Å². The minimum atomic E-state index is -0.544. The van der Waals surface area contributed by atoms with Gasteiger partial charge in [-0.05, 0) is 105 Å². The Morgan fingerprint density at radius 1 is 1.07 bits per heavy atom. The van der Waals surface area contributed by atoms with Gasteiger partial charge < -0.3 is 4.90 Å². The van der Waals surface area contributed by atoms with Crippen molar-refractivity contribution in [3.05, 3.63) is 23.3 Å². The van der Waals surface area contributed by atoms with Gasteiger partial charge in [-0.25, -0.2) is 0 Å². The molecule has 6 atom stereocenters. The van der Waals surface area contributed by atoms with Gasteiger partial charge in [-0.15, -0.1) is 0 Å². The molecule has 0 bridgehead atoms. The Kier molecular flexibility index (Phi) is 8.85. The van der Waals surface area contributed by atoms with E-state index in [1.54, 1.807) is 6.92 Å². The number of allylic oxidation sites excluding steroid dienone is 4. The first-order valence-electron chi connectivity index (χ1n) is 16.6. The van der Waals surface area contributed by atoms with Crippen molar-refractivity contribution in [3.63, 3.8) is 0 Å². The molecule has 1 unspecified atom stereocenters. The van der Waals surface area contributed by atoms with E-state index < -0.39 is 5.41 Å². The lowest BCUT2D eigenvalue weighted by Crippen LogP contribution is -2.54. The van der Waals surface area contributed by atoms with Gasteiger partial charge >= 0.3 is 0 Å². The van der Waals surface area contributed by atoms with Gasteiger partial charge in [-0.2, -0.15) is 5.26 Å². The molecule has 0 aromatic rings. The standard InChI is InChI=1S/C37H56N2O3/c1-25-22-33(4,5)15-17-37(25,32(42)39-19-11-10-12-20-39)18-16-34(6,7)36(9)14-13-29-27(3)31(41)28(24-38)23-35(29,8)30(36)21-26(2)40/h21,23,25,27,29H,10-20,22H2,1-9H3/b30-21-/t25?,27-,29-,35-,36+,37-/m0/s1. The smallest absolute Gasteiger partial charge is 0.229 e. The third-order valence-corrected chi connectivity index (χ3v) is 12.9. The van der Waals surface area contributed by atoms with Gasteiger partial charge in [-0.3, -0.25) is 14.4 Å². The van der Waals surface area contributed by atoms with Crippen molar-refractivity contribution in [3.8, 4) is 6.07 Å². The Balaban J connectivity index is 1.73. The number of rotatable bonds is 6. The summed E-state index contributed by atoms with van der Waals surface area (Å²) in [6, 6.07) is 2.17. The predicted molar refractivity (Wildman–Crippen MR) is 168 cm³/mol. The molecule has 232 valence electrons. The normalized spacial score (nSPS) is 38.0. The minimum Gasteiger partial charge on any atom is -0.342 e. The van der Waals surface area contributed by atoms with Crippen LogP contribution in [0.4, 0.5) is 0 Å². The van der Waals surface area contributed by atoms with Crippen molar-refractivity contribution in [2.75, 3.05) is 13.1 Å². The first-order valence-corrected chi connectivity index (χ1v) is 16.6. The Hall–Kier alpha value is -2.22. The summed E-state index contributed by atoms with van der Waals surface area (Å²) >= 11 is 0. The zero-order valence-electron chi connectivity index (χ0n) is 28.0. The monoisotopic (exact) mass is 576 g/mol. The van der Waals surface area contributed by atoms with E-state index in [2.05, 4.69) is 59.4 Å². The second-order valence-corrected chi connectivity index (χ2v) is 16.4. The molecule has 0 N–H and O–H groups in total. The van der Waals surface area contributed by atoms with E-state index in [1.807, 2.05) is 19.1 Å². The average Bonchev–Trinajstić information content (AvgIpc) is 2.92. The molecule has 2 saturated carbocycles.